The van der Waals surface area contributed by atoms with E-state index < -0.39 is 23.7 Å². The summed E-state index contributed by atoms with van der Waals surface area (Å²) in [6.45, 7) is 1.08. The van der Waals surface area contributed by atoms with Crippen molar-refractivity contribution < 1.29 is 23.8 Å². The van der Waals surface area contributed by atoms with Crippen LogP contribution in [0.15, 0.2) is 16.6 Å². The quantitative estimate of drug-likeness (QED) is 0.903. The van der Waals surface area contributed by atoms with Crippen molar-refractivity contribution in [2.45, 2.75) is 13.0 Å². The average Bonchev–Trinajstić information content (AvgIpc) is 2.30. The molecule has 1 atom stereocenters. The molecule has 1 aromatic carbocycles. The van der Waals surface area contributed by atoms with E-state index in [1.54, 1.807) is 0 Å². The van der Waals surface area contributed by atoms with Crippen LogP contribution in [0.25, 0.3) is 0 Å². The molecule has 0 aromatic heterocycles. The van der Waals surface area contributed by atoms with Crippen molar-refractivity contribution in [3.63, 3.8) is 0 Å². The summed E-state index contributed by atoms with van der Waals surface area (Å²) < 4.78 is 18.6. The van der Waals surface area contributed by atoms with Gasteiger partial charge in [-0.05, 0) is 28.9 Å². The molecule has 1 aromatic rings. The maximum atomic E-state index is 13.3. The second-order valence-corrected chi connectivity index (χ2v) is 4.66. The second kappa shape index (κ2) is 4.56. The van der Waals surface area contributed by atoms with Crippen LogP contribution in [0.2, 0.25) is 0 Å². The molecule has 0 radical (unpaired) electrons. The fourth-order valence-corrected chi connectivity index (χ4v) is 2.03. The number of ether oxygens (including phenoxy) is 1. The van der Waals surface area contributed by atoms with Crippen LogP contribution in [0.1, 0.15) is 6.92 Å². The fourth-order valence-electron chi connectivity index (χ4n) is 1.70. The number of fused-ring (bicyclic) bond motifs is 1. The molecule has 1 unspecified atom stereocenters. The molecule has 18 heavy (non-hydrogen) atoms. The Bertz CT molecular complexity index is 534. The molecule has 1 heterocycles. The average molecular weight is 318 g/mol. The maximum Gasteiger partial charge on any atom is 0.326 e. The number of aliphatic carboxylic acids is 1. The lowest BCUT2D eigenvalue weighted by atomic mass is 10.1. The van der Waals surface area contributed by atoms with Gasteiger partial charge in [0.2, 0.25) is 0 Å². The molecule has 0 bridgehead atoms. The van der Waals surface area contributed by atoms with Gasteiger partial charge in [0.1, 0.15) is 17.6 Å². The van der Waals surface area contributed by atoms with Crippen molar-refractivity contribution in [1.82, 2.24) is 0 Å². The van der Waals surface area contributed by atoms with E-state index in [9.17, 15) is 14.0 Å². The Morgan fingerprint density at radius 2 is 2.28 bits per heavy atom. The number of rotatable bonds is 2. The van der Waals surface area contributed by atoms with Crippen LogP contribution in [-0.2, 0) is 9.59 Å². The Balaban J connectivity index is 2.53. The molecule has 2 rings (SSSR count). The van der Waals surface area contributed by atoms with Gasteiger partial charge in [-0.25, -0.2) is 9.18 Å². The van der Waals surface area contributed by atoms with Crippen LogP contribution in [0.5, 0.6) is 5.75 Å². The molecular weight excluding hydrogens is 309 g/mol. The van der Waals surface area contributed by atoms with Gasteiger partial charge < -0.3 is 9.84 Å². The van der Waals surface area contributed by atoms with Gasteiger partial charge in [0, 0.05) is 6.07 Å². The fraction of sp³-hybridized carbons (Fsp3) is 0.273. The molecule has 1 N–H and O–H groups in total. The molecule has 5 nitrogen and oxygen atoms in total. The highest BCUT2D eigenvalue weighted by Gasteiger charge is 2.33. The zero-order valence-corrected chi connectivity index (χ0v) is 10.9. The van der Waals surface area contributed by atoms with Gasteiger partial charge in [0.05, 0.1) is 10.2 Å². The van der Waals surface area contributed by atoms with Gasteiger partial charge in [0.25, 0.3) is 5.91 Å². The monoisotopic (exact) mass is 317 g/mol. The Morgan fingerprint density at radius 3 is 2.89 bits per heavy atom. The predicted molar refractivity (Wildman–Crippen MR) is 64.2 cm³/mol. The number of anilines is 1. The molecule has 7 heteroatoms. The summed E-state index contributed by atoms with van der Waals surface area (Å²) in [5.41, 5.74) is 0.245. The molecule has 1 aliphatic rings. The van der Waals surface area contributed by atoms with E-state index in [-0.39, 0.29) is 22.5 Å². The molecule has 0 fully saturated rings. The van der Waals surface area contributed by atoms with Crippen molar-refractivity contribution in [3.05, 3.63) is 22.4 Å². The highest BCUT2D eigenvalue weighted by atomic mass is 79.9. The number of carboxylic acids is 1. The van der Waals surface area contributed by atoms with Crippen LogP contribution in [0.3, 0.4) is 0 Å². The lowest BCUT2D eigenvalue weighted by molar-refractivity contribution is -0.140. The number of amides is 1. The standard InChI is InChI=1S/C11H9BrFNO4/c1-5(11(16)17)14-8-2-6(12)7(13)3-9(8)18-4-10(14)15/h2-3,5H,4H2,1H3,(H,16,17). The minimum Gasteiger partial charge on any atom is -0.481 e. The third-order valence-corrected chi connectivity index (χ3v) is 3.23. The minimum absolute atomic E-state index is 0.141. The first-order valence-electron chi connectivity index (χ1n) is 5.08. The van der Waals surface area contributed by atoms with Gasteiger partial charge in [-0.1, -0.05) is 0 Å². The van der Waals surface area contributed by atoms with E-state index in [1.165, 1.54) is 13.0 Å². The smallest absolute Gasteiger partial charge is 0.326 e. The summed E-state index contributed by atoms with van der Waals surface area (Å²) in [4.78, 5) is 23.8. The SMILES string of the molecule is CC(C(=O)O)N1C(=O)COc2cc(F)c(Br)cc21. The number of nitrogens with zero attached hydrogens (tertiary/aromatic N) is 1. The lowest BCUT2D eigenvalue weighted by Crippen LogP contribution is -2.48. The number of carbonyl (C=O) groups is 2. The Hall–Kier alpha value is -1.63. The first kappa shape index (κ1) is 12.8. The largest absolute Gasteiger partial charge is 0.481 e. The molecular formula is C11H9BrFNO4. The number of hydrogen-bond donors (Lipinski definition) is 1. The van der Waals surface area contributed by atoms with Gasteiger partial charge >= 0.3 is 5.97 Å². The van der Waals surface area contributed by atoms with Crippen LogP contribution in [0.4, 0.5) is 10.1 Å². The van der Waals surface area contributed by atoms with Crippen molar-refractivity contribution in [3.8, 4) is 5.75 Å². The zero-order chi connectivity index (χ0) is 13.4. The van der Waals surface area contributed by atoms with E-state index in [4.69, 9.17) is 9.84 Å². The summed E-state index contributed by atoms with van der Waals surface area (Å²) in [6, 6.07) is 1.41. The highest BCUT2D eigenvalue weighted by Crippen LogP contribution is 2.37. The van der Waals surface area contributed by atoms with Crippen molar-refractivity contribution in [2.75, 3.05) is 11.5 Å². The number of carbonyl (C=O) groups excluding carboxylic acids is 1. The topological polar surface area (TPSA) is 66.8 Å². The Labute approximate surface area is 110 Å². The third kappa shape index (κ3) is 2.05. The van der Waals surface area contributed by atoms with E-state index in [0.717, 1.165) is 11.0 Å². The van der Waals surface area contributed by atoms with Gasteiger partial charge in [-0.2, -0.15) is 0 Å². The number of carboxylic acid groups (broad SMARTS) is 1. The minimum atomic E-state index is -1.14. The van der Waals surface area contributed by atoms with E-state index >= 15 is 0 Å². The van der Waals surface area contributed by atoms with Crippen LogP contribution >= 0.6 is 15.9 Å². The van der Waals surface area contributed by atoms with Gasteiger partial charge in [-0.15, -0.1) is 0 Å². The van der Waals surface area contributed by atoms with Crippen LogP contribution in [-0.4, -0.2) is 29.6 Å². The van der Waals surface area contributed by atoms with Gasteiger partial charge in [-0.3, -0.25) is 9.69 Å². The second-order valence-electron chi connectivity index (χ2n) is 3.80. The van der Waals surface area contributed by atoms with Crippen molar-refractivity contribution in [2.24, 2.45) is 0 Å². The molecule has 0 saturated carbocycles. The van der Waals surface area contributed by atoms with Gasteiger partial charge in [0.15, 0.2) is 6.61 Å². The van der Waals surface area contributed by atoms with Crippen LogP contribution < -0.4 is 9.64 Å². The summed E-state index contributed by atoms with van der Waals surface area (Å²) >= 11 is 2.99. The normalized spacial score (nSPS) is 15.9. The summed E-state index contributed by atoms with van der Waals surface area (Å²) in [6.07, 6.45) is 0. The third-order valence-electron chi connectivity index (χ3n) is 2.63. The molecule has 1 amide bonds. The lowest BCUT2D eigenvalue weighted by Gasteiger charge is -2.32. The molecule has 96 valence electrons. The summed E-state index contributed by atoms with van der Waals surface area (Å²) in [7, 11) is 0. The Kier molecular flexibility index (Phi) is 3.25. The maximum absolute atomic E-state index is 13.3. The number of halogens is 2. The van der Waals surface area contributed by atoms with Crippen LogP contribution in [0, 0.1) is 5.82 Å². The zero-order valence-electron chi connectivity index (χ0n) is 9.31. The summed E-state index contributed by atoms with van der Waals surface area (Å²) in [5, 5.41) is 8.98. The molecule has 1 aliphatic heterocycles. The van der Waals surface area contributed by atoms with Crippen molar-refractivity contribution in [1.29, 1.82) is 0 Å². The van der Waals surface area contributed by atoms with E-state index in [2.05, 4.69) is 15.9 Å². The molecule has 0 aliphatic carbocycles. The first-order valence-corrected chi connectivity index (χ1v) is 5.88. The molecule has 0 spiro atoms. The summed E-state index contributed by atoms with van der Waals surface area (Å²) in [5.74, 6) is -2.00. The van der Waals surface area contributed by atoms with E-state index in [0.29, 0.717) is 0 Å². The first-order chi connectivity index (χ1) is 8.41. The highest BCUT2D eigenvalue weighted by molar-refractivity contribution is 9.10. The van der Waals surface area contributed by atoms with Crippen molar-refractivity contribution >= 4 is 33.5 Å². The number of benzene rings is 1. The molecule has 0 saturated heterocycles. The number of hydrogen-bond acceptors (Lipinski definition) is 3. The van der Waals surface area contributed by atoms with E-state index in [1.807, 2.05) is 0 Å². The Morgan fingerprint density at radius 1 is 1.61 bits per heavy atom. The predicted octanol–water partition coefficient (Wildman–Crippen LogP) is 1.79.